The standard InChI is InChI=1S/C13H17NS/c1-9(2)11-5-4-6-13-12(11)7-8-14(13)10(3)15/h4-10,15H,1-3H3. The fourth-order valence-electron chi connectivity index (χ4n) is 2.04. The molecule has 0 saturated heterocycles. The van der Waals surface area contributed by atoms with E-state index in [-0.39, 0.29) is 5.37 Å². The predicted octanol–water partition coefficient (Wildman–Crippen LogP) is 4.21. The lowest BCUT2D eigenvalue weighted by Gasteiger charge is -2.11. The Labute approximate surface area is 96.5 Å². The van der Waals surface area contributed by atoms with Crippen LogP contribution in [0.4, 0.5) is 0 Å². The third-order valence-corrected chi connectivity index (χ3v) is 3.07. The largest absolute Gasteiger partial charge is 0.336 e. The van der Waals surface area contributed by atoms with Gasteiger partial charge >= 0.3 is 0 Å². The van der Waals surface area contributed by atoms with Crippen LogP contribution in [-0.4, -0.2) is 4.57 Å². The summed E-state index contributed by atoms with van der Waals surface area (Å²) in [7, 11) is 0. The van der Waals surface area contributed by atoms with Gasteiger partial charge in [-0.25, -0.2) is 0 Å². The van der Waals surface area contributed by atoms with E-state index < -0.39 is 0 Å². The number of thiol groups is 1. The molecule has 0 N–H and O–H groups in total. The minimum Gasteiger partial charge on any atom is -0.336 e. The van der Waals surface area contributed by atoms with Crippen molar-refractivity contribution >= 4 is 23.5 Å². The van der Waals surface area contributed by atoms with Crippen LogP contribution < -0.4 is 0 Å². The molecule has 80 valence electrons. The number of benzene rings is 1. The highest BCUT2D eigenvalue weighted by atomic mass is 32.1. The molecular formula is C13H17NS. The van der Waals surface area contributed by atoms with Gasteiger partial charge in [0.05, 0.1) is 5.37 Å². The molecule has 2 rings (SSSR count). The monoisotopic (exact) mass is 219 g/mol. The molecule has 1 atom stereocenters. The van der Waals surface area contributed by atoms with E-state index in [1.54, 1.807) is 0 Å². The Hall–Kier alpha value is -0.890. The first-order chi connectivity index (χ1) is 7.11. The second kappa shape index (κ2) is 3.93. The maximum absolute atomic E-state index is 4.48. The topological polar surface area (TPSA) is 4.93 Å². The lowest BCUT2D eigenvalue weighted by atomic mass is 9.99. The Morgan fingerprint density at radius 1 is 1.13 bits per heavy atom. The SMILES string of the molecule is CC(C)c1cccc2c1ccn2C(C)S. The molecule has 1 nitrogen and oxygen atoms in total. The molecule has 15 heavy (non-hydrogen) atoms. The predicted molar refractivity (Wildman–Crippen MR) is 69.7 cm³/mol. The minimum absolute atomic E-state index is 0.227. The van der Waals surface area contributed by atoms with Crippen molar-refractivity contribution in [1.82, 2.24) is 4.57 Å². The summed E-state index contributed by atoms with van der Waals surface area (Å²) >= 11 is 4.48. The van der Waals surface area contributed by atoms with Crippen molar-refractivity contribution in [2.75, 3.05) is 0 Å². The maximum atomic E-state index is 4.48. The second-order valence-corrected chi connectivity index (χ2v) is 5.04. The Morgan fingerprint density at radius 3 is 2.47 bits per heavy atom. The van der Waals surface area contributed by atoms with Crippen LogP contribution in [-0.2, 0) is 0 Å². The zero-order chi connectivity index (χ0) is 11.0. The summed E-state index contributed by atoms with van der Waals surface area (Å²) < 4.78 is 2.20. The van der Waals surface area contributed by atoms with Gasteiger partial charge in [-0.2, -0.15) is 12.6 Å². The molecular weight excluding hydrogens is 202 g/mol. The lowest BCUT2D eigenvalue weighted by Crippen LogP contribution is -1.96. The first-order valence-corrected chi connectivity index (χ1v) is 5.90. The molecule has 1 aromatic heterocycles. The molecule has 0 amide bonds. The Kier molecular flexibility index (Phi) is 2.79. The summed E-state index contributed by atoms with van der Waals surface area (Å²) in [6.07, 6.45) is 2.12. The number of hydrogen-bond acceptors (Lipinski definition) is 1. The summed E-state index contributed by atoms with van der Waals surface area (Å²) in [5, 5.41) is 1.58. The quantitative estimate of drug-likeness (QED) is 0.722. The van der Waals surface area contributed by atoms with Gasteiger partial charge in [-0.05, 0) is 30.5 Å². The Morgan fingerprint density at radius 2 is 1.87 bits per heavy atom. The van der Waals surface area contributed by atoms with Crippen LogP contribution in [0, 0.1) is 0 Å². The van der Waals surface area contributed by atoms with E-state index in [1.807, 2.05) is 0 Å². The molecule has 1 aromatic carbocycles. The molecule has 0 aliphatic rings. The average molecular weight is 219 g/mol. The summed E-state index contributed by atoms with van der Waals surface area (Å²) in [5.74, 6) is 0.569. The highest BCUT2D eigenvalue weighted by Crippen LogP contribution is 2.28. The Bertz CT molecular complexity index is 468. The van der Waals surface area contributed by atoms with Crippen LogP contribution in [0.25, 0.3) is 10.9 Å². The molecule has 1 unspecified atom stereocenters. The van der Waals surface area contributed by atoms with E-state index in [1.165, 1.54) is 16.5 Å². The smallest absolute Gasteiger partial charge is 0.0736 e. The second-order valence-electron chi connectivity index (χ2n) is 4.29. The number of fused-ring (bicyclic) bond motifs is 1. The molecule has 0 spiro atoms. The molecule has 0 aliphatic carbocycles. The molecule has 2 aromatic rings. The van der Waals surface area contributed by atoms with E-state index in [4.69, 9.17) is 0 Å². The van der Waals surface area contributed by atoms with Crippen LogP contribution in [0.3, 0.4) is 0 Å². The molecule has 0 bridgehead atoms. The zero-order valence-electron chi connectivity index (χ0n) is 9.44. The fraction of sp³-hybridized carbons (Fsp3) is 0.385. The molecule has 0 saturated carbocycles. The average Bonchev–Trinajstić information content (AvgIpc) is 2.59. The van der Waals surface area contributed by atoms with Gasteiger partial charge in [0.2, 0.25) is 0 Å². The van der Waals surface area contributed by atoms with Gasteiger partial charge < -0.3 is 4.57 Å². The highest BCUT2D eigenvalue weighted by molar-refractivity contribution is 7.80. The third kappa shape index (κ3) is 1.78. The van der Waals surface area contributed by atoms with E-state index >= 15 is 0 Å². The zero-order valence-corrected chi connectivity index (χ0v) is 10.3. The summed E-state index contributed by atoms with van der Waals surface area (Å²) in [4.78, 5) is 0. The number of rotatable bonds is 2. The van der Waals surface area contributed by atoms with Crippen molar-refractivity contribution in [3.8, 4) is 0 Å². The van der Waals surface area contributed by atoms with Gasteiger partial charge in [-0.3, -0.25) is 0 Å². The normalized spacial score (nSPS) is 13.7. The van der Waals surface area contributed by atoms with E-state index in [0.29, 0.717) is 5.92 Å². The van der Waals surface area contributed by atoms with Crippen molar-refractivity contribution in [2.45, 2.75) is 32.1 Å². The first-order valence-electron chi connectivity index (χ1n) is 5.38. The molecule has 0 aliphatic heterocycles. The van der Waals surface area contributed by atoms with Gasteiger partial charge in [-0.1, -0.05) is 26.0 Å². The van der Waals surface area contributed by atoms with Gasteiger partial charge in [0, 0.05) is 17.1 Å². The maximum Gasteiger partial charge on any atom is 0.0736 e. The Balaban J connectivity index is 2.69. The molecule has 0 fully saturated rings. The van der Waals surface area contributed by atoms with E-state index in [9.17, 15) is 0 Å². The van der Waals surface area contributed by atoms with Crippen molar-refractivity contribution in [1.29, 1.82) is 0 Å². The van der Waals surface area contributed by atoms with E-state index in [0.717, 1.165) is 0 Å². The molecule has 0 radical (unpaired) electrons. The number of hydrogen-bond donors (Lipinski definition) is 1. The van der Waals surface area contributed by atoms with Crippen LogP contribution >= 0.6 is 12.6 Å². The number of aromatic nitrogens is 1. The summed E-state index contributed by atoms with van der Waals surface area (Å²) in [6, 6.07) is 8.69. The summed E-state index contributed by atoms with van der Waals surface area (Å²) in [5.41, 5.74) is 2.70. The third-order valence-electron chi connectivity index (χ3n) is 2.82. The first kappa shape index (κ1) is 10.6. The van der Waals surface area contributed by atoms with Crippen molar-refractivity contribution in [2.24, 2.45) is 0 Å². The van der Waals surface area contributed by atoms with Gasteiger partial charge in [0.1, 0.15) is 0 Å². The van der Waals surface area contributed by atoms with Gasteiger partial charge in [0.15, 0.2) is 0 Å². The number of nitrogens with zero attached hydrogens (tertiary/aromatic N) is 1. The lowest BCUT2D eigenvalue weighted by molar-refractivity contribution is 0.778. The van der Waals surface area contributed by atoms with Crippen molar-refractivity contribution in [3.63, 3.8) is 0 Å². The molecule has 1 heterocycles. The minimum atomic E-state index is 0.227. The highest BCUT2D eigenvalue weighted by Gasteiger charge is 2.09. The van der Waals surface area contributed by atoms with E-state index in [2.05, 4.69) is 68.4 Å². The van der Waals surface area contributed by atoms with Gasteiger partial charge in [0.25, 0.3) is 0 Å². The van der Waals surface area contributed by atoms with Gasteiger partial charge in [-0.15, -0.1) is 0 Å². The molecule has 2 heteroatoms. The van der Waals surface area contributed by atoms with Crippen LogP contribution in [0.15, 0.2) is 30.5 Å². The van der Waals surface area contributed by atoms with Crippen LogP contribution in [0.5, 0.6) is 0 Å². The van der Waals surface area contributed by atoms with Crippen LogP contribution in [0.1, 0.15) is 37.6 Å². The fourth-order valence-corrected chi connectivity index (χ4v) is 2.24. The van der Waals surface area contributed by atoms with Crippen LogP contribution in [0.2, 0.25) is 0 Å². The van der Waals surface area contributed by atoms with Crippen molar-refractivity contribution in [3.05, 3.63) is 36.0 Å². The summed E-state index contributed by atoms with van der Waals surface area (Å²) in [6.45, 7) is 6.55. The van der Waals surface area contributed by atoms with Crippen molar-refractivity contribution < 1.29 is 0 Å².